The number of aromatic nitrogens is 2. The molecule has 1 atom stereocenters. The van der Waals surface area contributed by atoms with Crippen LogP contribution in [0.4, 0.5) is 5.82 Å². The molecule has 2 heterocycles. The van der Waals surface area contributed by atoms with E-state index < -0.39 is 0 Å². The number of hydrogen-bond donors (Lipinski definition) is 1. The molecule has 0 aliphatic carbocycles. The predicted octanol–water partition coefficient (Wildman–Crippen LogP) is 2.80. The zero-order valence-corrected chi connectivity index (χ0v) is 15.2. The summed E-state index contributed by atoms with van der Waals surface area (Å²) in [5.41, 5.74) is 2.38. The number of ether oxygens (including phenoxy) is 2. The van der Waals surface area contributed by atoms with E-state index >= 15 is 0 Å². The molecule has 0 amide bonds. The molecule has 2 aromatic rings. The summed E-state index contributed by atoms with van der Waals surface area (Å²) in [4.78, 5) is 11.6. The summed E-state index contributed by atoms with van der Waals surface area (Å²) >= 11 is 0. The van der Waals surface area contributed by atoms with Crippen molar-refractivity contribution in [1.29, 1.82) is 0 Å². The van der Waals surface area contributed by atoms with Crippen LogP contribution in [0, 0.1) is 6.92 Å². The van der Waals surface area contributed by atoms with E-state index in [1.165, 1.54) is 5.56 Å². The molecule has 1 aromatic carbocycles. The van der Waals surface area contributed by atoms with Crippen molar-refractivity contribution in [2.45, 2.75) is 25.9 Å². The monoisotopic (exact) mass is 342 g/mol. The summed E-state index contributed by atoms with van der Waals surface area (Å²) < 4.78 is 10.3. The maximum Gasteiger partial charge on any atom is 0.130 e. The van der Waals surface area contributed by atoms with Crippen molar-refractivity contribution in [2.75, 3.05) is 39.2 Å². The van der Waals surface area contributed by atoms with Gasteiger partial charge in [-0.05, 0) is 31.0 Å². The first-order chi connectivity index (χ1) is 12.2. The number of methoxy groups -OCH3 is 2. The first-order valence-electron chi connectivity index (χ1n) is 8.65. The van der Waals surface area contributed by atoms with Crippen molar-refractivity contribution < 1.29 is 9.47 Å². The molecular weight excluding hydrogens is 316 g/mol. The Morgan fingerprint density at radius 1 is 1.20 bits per heavy atom. The summed E-state index contributed by atoms with van der Waals surface area (Å²) in [7, 11) is 3.39. The van der Waals surface area contributed by atoms with E-state index in [1.54, 1.807) is 14.2 Å². The van der Waals surface area contributed by atoms with Gasteiger partial charge in [-0.15, -0.1) is 0 Å². The quantitative estimate of drug-likeness (QED) is 0.745. The van der Waals surface area contributed by atoms with E-state index in [-0.39, 0.29) is 0 Å². The van der Waals surface area contributed by atoms with Gasteiger partial charge in [0.15, 0.2) is 0 Å². The van der Waals surface area contributed by atoms with E-state index in [2.05, 4.69) is 38.4 Å². The number of anilines is 1. The molecule has 1 saturated heterocycles. The van der Waals surface area contributed by atoms with Crippen LogP contribution in [0.3, 0.4) is 0 Å². The lowest BCUT2D eigenvalue weighted by Crippen LogP contribution is -2.40. The Morgan fingerprint density at radius 3 is 2.64 bits per heavy atom. The van der Waals surface area contributed by atoms with Gasteiger partial charge in [-0.1, -0.05) is 12.1 Å². The molecule has 1 aliphatic heterocycles. The van der Waals surface area contributed by atoms with Crippen LogP contribution in [0.5, 0.6) is 5.75 Å². The highest BCUT2D eigenvalue weighted by atomic mass is 16.5. The second-order valence-electron chi connectivity index (χ2n) is 6.27. The Bertz CT molecular complexity index is 690. The van der Waals surface area contributed by atoms with Gasteiger partial charge in [-0.2, -0.15) is 0 Å². The second-order valence-corrected chi connectivity index (χ2v) is 6.27. The Morgan fingerprint density at radius 2 is 2.00 bits per heavy atom. The molecule has 0 unspecified atom stereocenters. The van der Waals surface area contributed by atoms with Gasteiger partial charge in [-0.25, -0.2) is 9.97 Å². The van der Waals surface area contributed by atoms with Gasteiger partial charge in [0.2, 0.25) is 0 Å². The molecule has 0 bridgehead atoms. The van der Waals surface area contributed by atoms with Crippen LogP contribution < -0.4 is 10.1 Å². The lowest BCUT2D eigenvalue weighted by molar-refractivity contribution is 0.0785. The molecule has 6 heteroatoms. The van der Waals surface area contributed by atoms with Gasteiger partial charge >= 0.3 is 0 Å². The van der Waals surface area contributed by atoms with Crippen LogP contribution in [-0.2, 0) is 11.3 Å². The Balaban J connectivity index is 1.66. The molecule has 1 N–H and O–H groups in total. The second kappa shape index (κ2) is 8.27. The summed E-state index contributed by atoms with van der Waals surface area (Å²) in [5, 5.41) is 3.30. The fourth-order valence-electron chi connectivity index (χ4n) is 3.06. The van der Waals surface area contributed by atoms with Crippen molar-refractivity contribution in [1.82, 2.24) is 14.9 Å². The minimum Gasteiger partial charge on any atom is -0.497 e. The smallest absolute Gasteiger partial charge is 0.130 e. The largest absolute Gasteiger partial charge is 0.497 e. The third-order valence-corrected chi connectivity index (χ3v) is 4.49. The molecular formula is C19H26N4O2. The standard InChI is InChI=1S/C19H26N4O2/c1-14-21-17(12-19(22-14)20-9-11-24-2)18-8-10-23(18)13-15-4-6-16(25-3)7-5-15/h4-7,12,18H,8-11,13H2,1-3H3,(H,20,21,22)/t18-/m0/s1. The minimum atomic E-state index is 0.353. The van der Waals surface area contributed by atoms with Crippen LogP contribution in [0.25, 0.3) is 0 Å². The zero-order valence-electron chi connectivity index (χ0n) is 15.2. The van der Waals surface area contributed by atoms with Gasteiger partial charge < -0.3 is 14.8 Å². The molecule has 6 nitrogen and oxygen atoms in total. The normalized spacial score (nSPS) is 17.2. The van der Waals surface area contributed by atoms with Crippen LogP contribution in [0.15, 0.2) is 30.3 Å². The molecule has 134 valence electrons. The van der Waals surface area contributed by atoms with E-state index in [4.69, 9.17) is 9.47 Å². The number of hydrogen-bond acceptors (Lipinski definition) is 6. The fraction of sp³-hybridized carbons (Fsp3) is 0.474. The van der Waals surface area contributed by atoms with Gasteiger partial charge in [-0.3, -0.25) is 4.90 Å². The minimum absolute atomic E-state index is 0.353. The highest BCUT2D eigenvalue weighted by Gasteiger charge is 2.30. The lowest BCUT2D eigenvalue weighted by Gasteiger charge is -2.40. The molecule has 0 radical (unpaired) electrons. The fourth-order valence-corrected chi connectivity index (χ4v) is 3.06. The topological polar surface area (TPSA) is 59.5 Å². The number of aryl methyl sites for hydroxylation is 1. The first kappa shape index (κ1) is 17.6. The van der Waals surface area contributed by atoms with Gasteiger partial charge in [0.1, 0.15) is 17.4 Å². The molecule has 1 aliphatic rings. The maximum absolute atomic E-state index is 5.23. The van der Waals surface area contributed by atoms with E-state index in [9.17, 15) is 0 Å². The Kier molecular flexibility index (Phi) is 5.83. The summed E-state index contributed by atoms with van der Waals surface area (Å²) in [6.07, 6.45) is 1.13. The van der Waals surface area contributed by atoms with Crippen molar-refractivity contribution in [3.8, 4) is 5.75 Å². The number of nitrogens with one attached hydrogen (secondary N) is 1. The lowest BCUT2D eigenvalue weighted by atomic mass is 9.98. The predicted molar refractivity (Wildman–Crippen MR) is 97.9 cm³/mol. The van der Waals surface area contributed by atoms with Crippen LogP contribution in [0.1, 0.15) is 29.5 Å². The van der Waals surface area contributed by atoms with Crippen molar-refractivity contribution in [3.63, 3.8) is 0 Å². The van der Waals surface area contributed by atoms with E-state index in [0.29, 0.717) is 12.6 Å². The van der Waals surface area contributed by atoms with Crippen LogP contribution in [0.2, 0.25) is 0 Å². The number of benzene rings is 1. The highest BCUT2D eigenvalue weighted by Crippen LogP contribution is 2.34. The van der Waals surface area contributed by atoms with Crippen molar-refractivity contribution in [3.05, 3.63) is 47.4 Å². The van der Waals surface area contributed by atoms with Gasteiger partial charge in [0.25, 0.3) is 0 Å². The average Bonchev–Trinajstić information content (AvgIpc) is 2.59. The molecule has 3 rings (SSSR count). The zero-order chi connectivity index (χ0) is 17.6. The number of nitrogens with zero attached hydrogens (tertiary/aromatic N) is 3. The molecule has 0 saturated carbocycles. The van der Waals surface area contributed by atoms with Crippen molar-refractivity contribution >= 4 is 5.82 Å². The highest BCUT2D eigenvalue weighted by molar-refractivity contribution is 5.37. The third kappa shape index (κ3) is 4.46. The number of likely N-dealkylation sites (tertiary alicyclic amines) is 1. The summed E-state index contributed by atoms with van der Waals surface area (Å²) in [6, 6.07) is 10.7. The van der Waals surface area contributed by atoms with Gasteiger partial charge in [0.05, 0.1) is 25.5 Å². The average molecular weight is 342 g/mol. The molecule has 25 heavy (non-hydrogen) atoms. The summed E-state index contributed by atoms with van der Waals surface area (Å²) in [6.45, 7) is 5.35. The number of rotatable bonds is 8. The molecule has 1 fully saturated rings. The first-order valence-corrected chi connectivity index (χ1v) is 8.65. The van der Waals surface area contributed by atoms with E-state index in [1.807, 2.05) is 19.1 Å². The SMILES string of the molecule is COCCNc1cc([C@@H]2CCN2Cc2ccc(OC)cc2)nc(C)n1. The van der Waals surface area contributed by atoms with Crippen LogP contribution in [-0.4, -0.2) is 48.8 Å². The van der Waals surface area contributed by atoms with Gasteiger partial charge in [0, 0.05) is 32.8 Å². The van der Waals surface area contributed by atoms with Crippen molar-refractivity contribution in [2.24, 2.45) is 0 Å². The Hall–Kier alpha value is -2.18. The summed E-state index contributed by atoms with van der Waals surface area (Å²) in [5.74, 6) is 2.56. The van der Waals surface area contributed by atoms with Crippen LogP contribution >= 0.6 is 0 Å². The maximum atomic E-state index is 5.23. The molecule has 1 aromatic heterocycles. The third-order valence-electron chi connectivity index (χ3n) is 4.49. The van der Waals surface area contributed by atoms with E-state index in [0.717, 1.165) is 49.1 Å². The Labute approximate surface area is 149 Å². The molecule has 0 spiro atoms.